The molecular formula is C42H47F2N11O6. The summed E-state index contributed by atoms with van der Waals surface area (Å²) in [6, 6.07) is 7.39. The van der Waals surface area contributed by atoms with E-state index in [2.05, 4.69) is 40.8 Å². The molecule has 19 heteroatoms. The first-order chi connectivity index (χ1) is 29.6. The first-order valence-electron chi connectivity index (χ1n) is 21.1. The summed E-state index contributed by atoms with van der Waals surface area (Å²) in [5.74, 6) is -0.634. The normalized spacial score (nSPS) is 24.9. The number of alkyl halides is 2. The van der Waals surface area contributed by atoms with Crippen molar-refractivity contribution in [1.82, 2.24) is 39.5 Å². The molecule has 2 bridgehead atoms. The number of piperidine rings is 1. The van der Waals surface area contributed by atoms with Crippen LogP contribution in [0.5, 0.6) is 0 Å². The number of aromatic nitrogens is 5. The van der Waals surface area contributed by atoms with E-state index in [4.69, 9.17) is 14.1 Å². The Bertz CT molecular complexity index is 2490. The van der Waals surface area contributed by atoms with Crippen molar-refractivity contribution in [2.45, 2.75) is 75.5 Å². The molecule has 17 nitrogen and oxygen atoms in total. The van der Waals surface area contributed by atoms with Gasteiger partial charge in [-0.25, -0.2) is 18.3 Å². The average Bonchev–Trinajstić information content (AvgIpc) is 4.11. The fraction of sp³-hybridized carbons (Fsp3) is 0.500. The molecule has 4 saturated heterocycles. The van der Waals surface area contributed by atoms with Crippen molar-refractivity contribution in [1.29, 1.82) is 0 Å². The Morgan fingerprint density at radius 1 is 0.984 bits per heavy atom. The van der Waals surface area contributed by atoms with Crippen molar-refractivity contribution in [3.63, 3.8) is 0 Å². The van der Waals surface area contributed by atoms with Crippen LogP contribution in [-0.2, 0) is 19.1 Å². The number of hydrogen-bond acceptors (Lipinski definition) is 12. The molecule has 0 radical (unpaired) electrons. The molecule has 1 saturated carbocycles. The second kappa shape index (κ2) is 16.2. The molecule has 0 spiro atoms. The molecule has 8 heterocycles. The Morgan fingerprint density at radius 3 is 2.56 bits per heavy atom. The van der Waals surface area contributed by atoms with Gasteiger partial charge in [-0.3, -0.25) is 34.1 Å². The molecular weight excluding hydrogens is 793 g/mol. The highest BCUT2D eigenvalue weighted by Crippen LogP contribution is 2.37. The summed E-state index contributed by atoms with van der Waals surface area (Å²) in [6.45, 7) is 5.73. The summed E-state index contributed by atoms with van der Waals surface area (Å²) in [7, 11) is 0. The minimum atomic E-state index is -2.87. The number of nitrogens with one attached hydrogen (secondary N) is 3. The number of carbonyl (C=O) groups excluding carboxylic acids is 4. The lowest BCUT2D eigenvalue weighted by molar-refractivity contribution is -0.134. The molecule has 1 aliphatic carbocycles. The second-order valence-electron chi connectivity index (χ2n) is 17.0. The predicted octanol–water partition coefficient (Wildman–Crippen LogP) is 4.35. The number of fused-ring (bicyclic) bond motifs is 4. The van der Waals surface area contributed by atoms with Crippen LogP contribution in [0, 0.1) is 5.92 Å². The molecule has 3 atom stereocenters. The van der Waals surface area contributed by atoms with Crippen LogP contribution in [0.25, 0.3) is 16.6 Å². The highest BCUT2D eigenvalue weighted by atomic mass is 19.3. The summed E-state index contributed by atoms with van der Waals surface area (Å²) in [6.07, 6.45) is 8.57. The third-order valence-electron chi connectivity index (χ3n) is 13.0. The van der Waals surface area contributed by atoms with Gasteiger partial charge in [0.2, 0.25) is 17.7 Å². The van der Waals surface area contributed by atoms with Gasteiger partial charge in [0, 0.05) is 74.7 Å². The molecule has 1 aromatic carbocycles. The van der Waals surface area contributed by atoms with Gasteiger partial charge in [-0.1, -0.05) is 0 Å². The van der Waals surface area contributed by atoms with Crippen LogP contribution in [0.2, 0.25) is 0 Å². The minimum Gasteiger partial charge on any atom is -0.464 e. The first kappa shape index (κ1) is 39.4. The molecule has 5 aromatic rings. The number of benzene rings is 1. The van der Waals surface area contributed by atoms with Crippen molar-refractivity contribution < 1.29 is 37.1 Å². The van der Waals surface area contributed by atoms with Crippen molar-refractivity contribution in [2.24, 2.45) is 5.92 Å². The number of ether oxygens (including phenoxy) is 1. The number of morpholine rings is 1. The maximum atomic E-state index is 14.3. The molecule has 4 amide bonds. The molecule has 4 aromatic heterocycles. The number of furan rings is 1. The highest BCUT2D eigenvalue weighted by Gasteiger charge is 2.40. The second-order valence-corrected chi connectivity index (χ2v) is 17.0. The molecule has 320 valence electrons. The van der Waals surface area contributed by atoms with Gasteiger partial charge in [-0.05, 0) is 68.7 Å². The van der Waals surface area contributed by atoms with Crippen LogP contribution in [0.1, 0.15) is 84.9 Å². The maximum absolute atomic E-state index is 14.3. The van der Waals surface area contributed by atoms with Gasteiger partial charge in [-0.2, -0.15) is 10.2 Å². The summed E-state index contributed by atoms with van der Waals surface area (Å²) >= 11 is 0. The van der Waals surface area contributed by atoms with E-state index in [1.807, 2.05) is 12.1 Å². The summed E-state index contributed by atoms with van der Waals surface area (Å²) in [5.41, 5.74) is 1.97. The number of anilines is 3. The van der Waals surface area contributed by atoms with Crippen molar-refractivity contribution in [2.75, 3.05) is 68.0 Å². The SMILES string of the molecule is O=C1CCC(c2coc3ccc(NC(=O)CN4CCN(CC5CCC(n6cc(NC(=O)c7cnn8ccc(N9CC%10CC9CO%10)nc78)c(C(F)F)n6)CC5)CC4)cc23)C(=O)N1. The molecule has 4 aliphatic heterocycles. The fourth-order valence-corrected chi connectivity index (χ4v) is 9.78. The smallest absolute Gasteiger partial charge is 0.284 e. The van der Waals surface area contributed by atoms with E-state index in [1.165, 1.54) is 16.9 Å². The third-order valence-corrected chi connectivity index (χ3v) is 13.0. The van der Waals surface area contributed by atoms with Gasteiger partial charge in [0.15, 0.2) is 11.3 Å². The molecule has 5 aliphatic rings. The number of carbonyl (C=O) groups is 4. The molecule has 10 rings (SSSR count). The summed E-state index contributed by atoms with van der Waals surface area (Å²) < 4.78 is 43.1. The zero-order valence-electron chi connectivity index (χ0n) is 33.5. The zero-order valence-corrected chi connectivity index (χ0v) is 33.5. The van der Waals surface area contributed by atoms with E-state index in [0.29, 0.717) is 41.4 Å². The Morgan fingerprint density at radius 2 is 1.80 bits per heavy atom. The fourth-order valence-electron chi connectivity index (χ4n) is 9.78. The maximum Gasteiger partial charge on any atom is 0.284 e. The lowest BCUT2D eigenvalue weighted by atomic mass is 9.85. The van der Waals surface area contributed by atoms with Crippen molar-refractivity contribution in [3.05, 3.63) is 65.9 Å². The number of nitrogens with zero attached hydrogens (tertiary/aromatic N) is 8. The van der Waals surface area contributed by atoms with Gasteiger partial charge in [-0.15, -0.1) is 0 Å². The van der Waals surface area contributed by atoms with E-state index in [1.54, 1.807) is 29.3 Å². The van der Waals surface area contributed by atoms with E-state index in [-0.39, 0.29) is 60.1 Å². The largest absolute Gasteiger partial charge is 0.464 e. The van der Waals surface area contributed by atoms with Crippen LogP contribution in [0.4, 0.5) is 26.0 Å². The third kappa shape index (κ3) is 7.96. The number of amides is 4. The monoisotopic (exact) mass is 839 g/mol. The Labute approximate surface area is 348 Å². The Hall–Kier alpha value is -5.79. The van der Waals surface area contributed by atoms with E-state index >= 15 is 0 Å². The van der Waals surface area contributed by atoms with Crippen LogP contribution in [-0.4, -0.2) is 122 Å². The summed E-state index contributed by atoms with van der Waals surface area (Å²) in [4.78, 5) is 62.2. The van der Waals surface area contributed by atoms with Crippen molar-refractivity contribution >= 4 is 57.4 Å². The number of piperazine rings is 1. The summed E-state index contributed by atoms with van der Waals surface area (Å²) in [5, 5.41) is 17.4. The quantitative estimate of drug-likeness (QED) is 0.160. The number of hydrogen-bond donors (Lipinski definition) is 3. The van der Waals surface area contributed by atoms with Gasteiger partial charge in [0.1, 0.15) is 17.0 Å². The number of halogens is 2. The lowest BCUT2D eigenvalue weighted by Crippen LogP contribution is -2.49. The average molecular weight is 840 g/mol. The van der Waals surface area contributed by atoms with Crippen molar-refractivity contribution in [3.8, 4) is 0 Å². The van der Waals surface area contributed by atoms with Gasteiger partial charge >= 0.3 is 0 Å². The molecule has 3 N–H and O–H groups in total. The topological polar surface area (TPSA) is 184 Å². The van der Waals surface area contributed by atoms with E-state index in [9.17, 15) is 28.0 Å². The molecule has 61 heavy (non-hydrogen) atoms. The Kier molecular flexibility index (Phi) is 10.5. The predicted molar refractivity (Wildman–Crippen MR) is 217 cm³/mol. The lowest BCUT2D eigenvalue weighted by Gasteiger charge is -2.38. The minimum absolute atomic E-state index is 0.0175. The van der Waals surface area contributed by atoms with E-state index < -0.39 is 23.9 Å². The molecule has 5 fully saturated rings. The number of rotatable bonds is 11. The highest BCUT2D eigenvalue weighted by molar-refractivity contribution is 6.08. The van der Waals surface area contributed by atoms with Crippen LogP contribution < -0.4 is 20.9 Å². The van der Waals surface area contributed by atoms with Crippen LogP contribution in [0.3, 0.4) is 0 Å². The molecule has 3 unspecified atom stereocenters. The van der Waals surface area contributed by atoms with Gasteiger partial charge in [0.05, 0.1) is 55.4 Å². The van der Waals surface area contributed by atoms with Crippen LogP contribution in [0.15, 0.2) is 53.5 Å². The Balaban J connectivity index is 0.696. The first-order valence-corrected chi connectivity index (χ1v) is 21.1. The van der Waals surface area contributed by atoms with Gasteiger partial charge in [0.25, 0.3) is 12.3 Å². The van der Waals surface area contributed by atoms with Gasteiger partial charge < -0.3 is 29.6 Å². The van der Waals surface area contributed by atoms with E-state index in [0.717, 1.165) is 82.6 Å². The number of imide groups is 1. The zero-order chi connectivity index (χ0) is 41.8. The standard InChI is InChI=1S/C42H47F2N11O6/c43-39(44)38-33(47-42(59)31-17-45-54-10-9-35(48-40(31)54)53-19-28-16-27(53)22-60-28)20-55(50-38)26-4-1-24(2-5-26)18-51-11-13-52(14-12-51)21-37(57)46-25-3-7-34-30(15-25)32(23-61-34)29-6-8-36(56)49-41(29)58/h3,7,9-10,15,17,20,23-24,26-29,39H,1-2,4-6,8,11-14,16,18-19,21-22H2,(H,46,57)(H,47,59)(H,49,56,58). The van der Waals surface area contributed by atoms with Crippen LogP contribution >= 0.6 is 0 Å².